The van der Waals surface area contributed by atoms with E-state index in [0.29, 0.717) is 5.75 Å². The van der Waals surface area contributed by atoms with Crippen LogP contribution in [-0.4, -0.2) is 15.5 Å². The third-order valence-corrected chi connectivity index (χ3v) is 4.19. The third kappa shape index (κ3) is 3.34. The van der Waals surface area contributed by atoms with Crippen molar-refractivity contribution < 1.29 is 17.5 Å². The van der Waals surface area contributed by atoms with E-state index < -0.39 is 15.8 Å². The molecule has 0 saturated heterocycles. The smallest absolute Gasteiger partial charge is 0.240 e. The van der Waals surface area contributed by atoms with E-state index in [2.05, 4.69) is 4.72 Å². The molecule has 20 heavy (non-hydrogen) atoms. The molecular formula is C14H14FNO3S. The van der Waals surface area contributed by atoms with Gasteiger partial charge in [-0.1, -0.05) is 18.2 Å². The molecule has 0 aromatic heterocycles. The highest BCUT2D eigenvalue weighted by molar-refractivity contribution is 7.89. The fraction of sp³-hybridized carbons (Fsp3) is 0.143. The fourth-order valence-electron chi connectivity index (χ4n) is 1.72. The highest BCUT2D eigenvalue weighted by Crippen LogP contribution is 2.18. The van der Waals surface area contributed by atoms with Crippen LogP contribution in [0.25, 0.3) is 0 Å². The first kappa shape index (κ1) is 14.5. The molecule has 0 aliphatic heterocycles. The van der Waals surface area contributed by atoms with Gasteiger partial charge in [0.05, 0.1) is 12.0 Å². The van der Waals surface area contributed by atoms with Gasteiger partial charge in [0.1, 0.15) is 11.6 Å². The number of para-hydroxylation sites is 1. The lowest BCUT2D eigenvalue weighted by atomic mass is 10.2. The van der Waals surface area contributed by atoms with Gasteiger partial charge in [0.2, 0.25) is 10.0 Å². The molecule has 0 spiro atoms. The number of benzene rings is 2. The largest absolute Gasteiger partial charge is 0.496 e. The maximum absolute atomic E-state index is 12.8. The molecule has 0 radical (unpaired) electrons. The number of sulfonamides is 1. The average molecular weight is 295 g/mol. The number of methoxy groups -OCH3 is 1. The molecule has 0 unspecified atom stereocenters. The van der Waals surface area contributed by atoms with Crippen molar-refractivity contribution in [1.29, 1.82) is 0 Å². The van der Waals surface area contributed by atoms with Crippen molar-refractivity contribution in [3.8, 4) is 5.75 Å². The molecule has 2 aromatic carbocycles. The van der Waals surface area contributed by atoms with Gasteiger partial charge in [-0.3, -0.25) is 0 Å². The molecule has 0 aliphatic carbocycles. The van der Waals surface area contributed by atoms with Gasteiger partial charge in [-0.05, 0) is 30.3 Å². The van der Waals surface area contributed by atoms with E-state index in [9.17, 15) is 12.8 Å². The number of ether oxygens (including phenoxy) is 1. The Bertz CT molecular complexity index is 684. The van der Waals surface area contributed by atoms with Crippen molar-refractivity contribution in [2.24, 2.45) is 0 Å². The Kier molecular flexibility index (Phi) is 4.36. The highest BCUT2D eigenvalue weighted by atomic mass is 32.2. The van der Waals surface area contributed by atoms with Gasteiger partial charge in [-0.15, -0.1) is 0 Å². The molecule has 0 atom stereocenters. The van der Waals surface area contributed by atoms with Crippen LogP contribution < -0.4 is 9.46 Å². The normalized spacial score (nSPS) is 11.3. The van der Waals surface area contributed by atoms with E-state index >= 15 is 0 Å². The van der Waals surface area contributed by atoms with Gasteiger partial charge in [-0.2, -0.15) is 0 Å². The second-order valence-electron chi connectivity index (χ2n) is 4.09. The minimum atomic E-state index is -3.67. The predicted molar refractivity (Wildman–Crippen MR) is 73.4 cm³/mol. The van der Waals surface area contributed by atoms with E-state index in [1.165, 1.54) is 19.2 Å². The summed E-state index contributed by atoms with van der Waals surface area (Å²) in [6, 6.07) is 11.8. The second kappa shape index (κ2) is 6.02. The first-order valence-electron chi connectivity index (χ1n) is 5.90. The molecular weight excluding hydrogens is 281 g/mol. The molecule has 0 bridgehead atoms. The summed E-state index contributed by atoms with van der Waals surface area (Å²) in [5.74, 6) is 0.128. The maximum Gasteiger partial charge on any atom is 0.240 e. The van der Waals surface area contributed by atoms with Crippen LogP contribution in [0.3, 0.4) is 0 Å². The SMILES string of the molecule is COc1ccccc1CNS(=O)(=O)c1ccc(F)cc1. The Labute approximate surface area is 117 Å². The van der Waals surface area contributed by atoms with Crippen molar-refractivity contribution in [3.05, 3.63) is 59.9 Å². The van der Waals surface area contributed by atoms with E-state index in [4.69, 9.17) is 4.74 Å². The van der Waals surface area contributed by atoms with Crippen LogP contribution in [0, 0.1) is 5.82 Å². The average Bonchev–Trinajstić information content (AvgIpc) is 2.46. The van der Waals surface area contributed by atoms with Crippen LogP contribution in [0.2, 0.25) is 0 Å². The first-order valence-corrected chi connectivity index (χ1v) is 7.38. The number of halogens is 1. The highest BCUT2D eigenvalue weighted by Gasteiger charge is 2.14. The molecule has 0 aliphatic rings. The first-order chi connectivity index (χ1) is 9.53. The van der Waals surface area contributed by atoms with Gasteiger partial charge in [0.15, 0.2) is 0 Å². The summed E-state index contributed by atoms with van der Waals surface area (Å²) < 4.78 is 44.5. The summed E-state index contributed by atoms with van der Waals surface area (Å²) in [7, 11) is -2.15. The summed E-state index contributed by atoms with van der Waals surface area (Å²) in [5.41, 5.74) is 0.723. The summed E-state index contributed by atoms with van der Waals surface area (Å²) in [5, 5.41) is 0. The fourth-order valence-corrected chi connectivity index (χ4v) is 2.73. The second-order valence-corrected chi connectivity index (χ2v) is 5.86. The lowest BCUT2D eigenvalue weighted by Gasteiger charge is -2.10. The number of hydrogen-bond acceptors (Lipinski definition) is 3. The Hall–Kier alpha value is -1.92. The zero-order valence-electron chi connectivity index (χ0n) is 10.8. The Morgan fingerprint density at radius 3 is 2.40 bits per heavy atom. The Balaban J connectivity index is 2.15. The molecule has 4 nitrogen and oxygen atoms in total. The van der Waals surface area contributed by atoms with Gasteiger partial charge in [0, 0.05) is 12.1 Å². The number of rotatable bonds is 5. The molecule has 0 amide bonds. The van der Waals surface area contributed by atoms with Gasteiger partial charge >= 0.3 is 0 Å². The topological polar surface area (TPSA) is 55.4 Å². The summed E-state index contributed by atoms with van der Waals surface area (Å²) >= 11 is 0. The molecule has 1 N–H and O–H groups in total. The van der Waals surface area contributed by atoms with Crippen LogP contribution in [-0.2, 0) is 16.6 Å². The van der Waals surface area contributed by atoms with E-state index in [1.54, 1.807) is 24.3 Å². The molecule has 0 saturated carbocycles. The molecule has 0 fully saturated rings. The molecule has 2 aromatic rings. The van der Waals surface area contributed by atoms with Crippen molar-refractivity contribution in [2.75, 3.05) is 7.11 Å². The van der Waals surface area contributed by atoms with Crippen molar-refractivity contribution in [1.82, 2.24) is 4.72 Å². The molecule has 6 heteroatoms. The van der Waals surface area contributed by atoms with Crippen molar-refractivity contribution >= 4 is 10.0 Å². The van der Waals surface area contributed by atoms with Crippen molar-refractivity contribution in [2.45, 2.75) is 11.4 Å². The maximum atomic E-state index is 12.8. The van der Waals surface area contributed by atoms with E-state index in [0.717, 1.165) is 17.7 Å². The predicted octanol–water partition coefficient (Wildman–Crippen LogP) is 2.31. The summed E-state index contributed by atoms with van der Waals surface area (Å²) in [6.45, 7) is 0.101. The van der Waals surface area contributed by atoms with Crippen LogP contribution >= 0.6 is 0 Å². The lowest BCUT2D eigenvalue weighted by molar-refractivity contribution is 0.409. The molecule has 0 heterocycles. The van der Waals surface area contributed by atoms with Crippen molar-refractivity contribution in [3.63, 3.8) is 0 Å². The van der Waals surface area contributed by atoms with E-state index in [-0.39, 0.29) is 11.4 Å². The lowest BCUT2D eigenvalue weighted by Crippen LogP contribution is -2.23. The summed E-state index contributed by atoms with van der Waals surface area (Å²) in [4.78, 5) is 0.0220. The van der Waals surface area contributed by atoms with Gasteiger partial charge in [0.25, 0.3) is 0 Å². The Morgan fingerprint density at radius 2 is 1.75 bits per heavy atom. The zero-order chi connectivity index (χ0) is 14.6. The van der Waals surface area contributed by atoms with Crippen LogP contribution in [0.1, 0.15) is 5.56 Å². The summed E-state index contributed by atoms with van der Waals surface area (Å²) in [6.07, 6.45) is 0. The minimum absolute atomic E-state index is 0.0220. The van der Waals surface area contributed by atoms with Gasteiger partial charge in [-0.25, -0.2) is 17.5 Å². The Morgan fingerprint density at radius 1 is 1.10 bits per heavy atom. The van der Waals surface area contributed by atoms with Crippen LogP contribution in [0.15, 0.2) is 53.4 Å². The monoisotopic (exact) mass is 295 g/mol. The molecule has 106 valence electrons. The number of hydrogen-bond donors (Lipinski definition) is 1. The van der Waals surface area contributed by atoms with Gasteiger partial charge < -0.3 is 4.74 Å². The zero-order valence-corrected chi connectivity index (χ0v) is 11.7. The quantitative estimate of drug-likeness (QED) is 0.921. The molecule has 2 rings (SSSR count). The number of nitrogens with one attached hydrogen (secondary N) is 1. The van der Waals surface area contributed by atoms with Crippen LogP contribution in [0.4, 0.5) is 4.39 Å². The third-order valence-electron chi connectivity index (χ3n) is 2.77. The standard InChI is InChI=1S/C14H14FNO3S/c1-19-14-5-3-2-4-11(14)10-16-20(17,18)13-8-6-12(15)7-9-13/h2-9,16H,10H2,1H3. The van der Waals surface area contributed by atoms with E-state index in [1.807, 2.05) is 0 Å². The van der Waals surface area contributed by atoms with Crippen LogP contribution in [0.5, 0.6) is 5.75 Å². The minimum Gasteiger partial charge on any atom is -0.496 e.